The molecule has 6 heteroatoms. The summed E-state index contributed by atoms with van der Waals surface area (Å²) in [6.07, 6.45) is 1.90. The smallest absolute Gasteiger partial charge is 0.328 e. The summed E-state index contributed by atoms with van der Waals surface area (Å²) in [6.45, 7) is 0. The van der Waals surface area contributed by atoms with Crippen molar-refractivity contribution >= 4 is 34.6 Å². The summed E-state index contributed by atoms with van der Waals surface area (Å²) >= 11 is 1.99. The summed E-state index contributed by atoms with van der Waals surface area (Å²) < 4.78 is 33.8. The maximum absolute atomic E-state index is 13.9. The van der Waals surface area contributed by atoms with Gasteiger partial charge in [0.2, 0.25) is 0 Å². The van der Waals surface area contributed by atoms with Crippen LogP contribution in [0.3, 0.4) is 0 Å². The first kappa shape index (κ1) is 15.4. The monoisotopic (exact) mass is 402 g/mol. The fourth-order valence-corrected chi connectivity index (χ4v) is 2.08. The van der Waals surface area contributed by atoms with E-state index >= 15 is 0 Å². The lowest BCUT2D eigenvalue weighted by Gasteiger charge is -2.10. The van der Waals surface area contributed by atoms with E-state index in [1.165, 1.54) is 0 Å². The molecule has 0 unspecified atom stereocenters. The van der Waals surface area contributed by atoms with Gasteiger partial charge < -0.3 is 9.84 Å². The largest absolute Gasteiger partial charge is 0.478 e. The molecule has 2 rings (SSSR count). The molecule has 2 aromatic rings. The second kappa shape index (κ2) is 6.66. The summed E-state index contributed by atoms with van der Waals surface area (Å²) in [5.74, 6) is -3.19. The van der Waals surface area contributed by atoms with Gasteiger partial charge in [0.1, 0.15) is 5.75 Å². The fourth-order valence-electron chi connectivity index (χ4n) is 1.58. The molecule has 0 saturated heterocycles. The van der Waals surface area contributed by atoms with Crippen molar-refractivity contribution < 1.29 is 23.4 Å². The third kappa shape index (κ3) is 4.01. The molecule has 1 N–H and O–H groups in total. The Morgan fingerprint density at radius 2 is 1.81 bits per heavy atom. The minimum absolute atomic E-state index is 0.0995. The van der Waals surface area contributed by atoms with Crippen LogP contribution in [-0.2, 0) is 4.79 Å². The summed E-state index contributed by atoms with van der Waals surface area (Å²) in [6, 6.07) is 8.83. The first-order valence-corrected chi connectivity index (χ1v) is 6.87. The van der Waals surface area contributed by atoms with Crippen LogP contribution in [0.4, 0.5) is 8.78 Å². The molecule has 0 atom stereocenters. The standard InChI is InChI=1S/C15H9F2IO3/c16-10-7-9(5-6-14(19)20)8-11(17)15(10)21-13-4-2-1-3-12(13)18/h1-8H,(H,19,20). The molecular weight excluding hydrogens is 393 g/mol. The number of carboxylic acid groups (broad SMARTS) is 1. The van der Waals surface area contributed by atoms with E-state index in [0.717, 1.165) is 24.3 Å². The summed E-state index contributed by atoms with van der Waals surface area (Å²) in [7, 11) is 0. The van der Waals surface area contributed by atoms with Crippen LogP contribution in [0.25, 0.3) is 6.08 Å². The lowest BCUT2D eigenvalue weighted by atomic mass is 10.2. The number of rotatable bonds is 4. The van der Waals surface area contributed by atoms with Crippen LogP contribution >= 0.6 is 22.6 Å². The van der Waals surface area contributed by atoms with Gasteiger partial charge in [-0.3, -0.25) is 0 Å². The van der Waals surface area contributed by atoms with E-state index in [9.17, 15) is 13.6 Å². The molecule has 0 radical (unpaired) electrons. The van der Waals surface area contributed by atoms with Crippen LogP contribution in [0.5, 0.6) is 11.5 Å². The molecular formula is C15H9F2IO3. The lowest BCUT2D eigenvalue weighted by molar-refractivity contribution is -0.131. The van der Waals surface area contributed by atoms with E-state index in [2.05, 4.69) is 0 Å². The number of hydrogen-bond acceptors (Lipinski definition) is 2. The Hall–Kier alpha value is -1.96. The zero-order valence-electron chi connectivity index (χ0n) is 10.5. The first-order valence-electron chi connectivity index (χ1n) is 5.80. The van der Waals surface area contributed by atoms with Gasteiger partial charge in [-0.1, -0.05) is 12.1 Å². The van der Waals surface area contributed by atoms with Crippen molar-refractivity contribution in [2.75, 3.05) is 0 Å². The molecule has 0 saturated carbocycles. The van der Waals surface area contributed by atoms with Crippen LogP contribution in [0.2, 0.25) is 0 Å². The number of carboxylic acids is 1. The van der Waals surface area contributed by atoms with Crippen LogP contribution in [-0.4, -0.2) is 11.1 Å². The van der Waals surface area contributed by atoms with Gasteiger partial charge in [0.25, 0.3) is 0 Å². The minimum atomic E-state index is -1.20. The van der Waals surface area contributed by atoms with Crippen LogP contribution < -0.4 is 4.74 Å². The second-order valence-corrected chi connectivity index (χ2v) is 5.18. The Morgan fingerprint density at radius 3 is 2.38 bits per heavy atom. The second-order valence-electron chi connectivity index (χ2n) is 4.02. The minimum Gasteiger partial charge on any atom is -0.478 e. The zero-order valence-corrected chi connectivity index (χ0v) is 12.7. The number of benzene rings is 2. The Labute approximate surface area is 133 Å². The molecule has 0 aliphatic rings. The van der Waals surface area contributed by atoms with Gasteiger partial charge >= 0.3 is 5.97 Å². The van der Waals surface area contributed by atoms with Gasteiger partial charge in [-0.05, 0) is 58.5 Å². The van der Waals surface area contributed by atoms with Crippen molar-refractivity contribution in [3.63, 3.8) is 0 Å². The van der Waals surface area contributed by atoms with Crippen molar-refractivity contribution in [3.8, 4) is 11.5 Å². The normalized spacial score (nSPS) is 10.8. The number of ether oxygens (including phenoxy) is 1. The Kier molecular flexibility index (Phi) is 4.89. The molecule has 0 aromatic heterocycles. The number of carbonyl (C=O) groups is 1. The number of halogens is 3. The van der Waals surface area contributed by atoms with Crippen molar-refractivity contribution in [1.82, 2.24) is 0 Å². The van der Waals surface area contributed by atoms with Crippen LogP contribution in [0, 0.1) is 15.2 Å². The first-order chi connectivity index (χ1) is 9.97. The Morgan fingerprint density at radius 1 is 1.19 bits per heavy atom. The number of aliphatic carboxylic acids is 1. The van der Waals surface area contributed by atoms with E-state index in [1.54, 1.807) is 24.3 Å². The maximum atomic E-state index is 13.9. The molecule has 0 bridgehead atoms. The van der Waals surface area contributed by atoms with Gasteiger partial charge in [-0.15, -0.1) is 0 Å². The summed E-state index contributed by atoms with van der Waals surface area (Å²) in [5, 5.41) is 8.49. The predicted octanol–water partition coefficient (Wildman–Crippen LogP) is 4.46. The zero-order chi connectivity index (χ0) is 15.4. The highest BCUT2D eigenvalue weighted by atomic mass is 127. The summed E-state index contributed by atoms with van der Waals surface area (Å²) in [5.41, 5.74) is 0.0995. The predicted molar refractivity (Wildman–Crippen MR) is 82.3 cm³/mol. The quantitative estimate of drug-likeness (QED) is 0.607. The molecule has 0 aliphatic heterocycles. The van der Waals surface area contributed by atoms with Crippen LogP contribution in [0.15, 0.2) is 42.5 Å². The highest BCUT2D eigenvalue weighted by Gasteiger charge is 2.14. The molecule has 0 amide bonds. The highest BCUT2D eigenvalue weighted by molar-refractivity contribution is 14.1. The topological polar surface area (TPSA) is 46.5 Å². The van der Waals surface area contributed by atoms with Crippen molar-refractivity contribution in [1.29, 1.82) is 0 Å². The highest BCUT2D eigenvalue weighted by Crippen LogP contribution is 2.31. The average molecular weight is 402 g/mol. The SMILES string of the molecule is O=C(O)C=Cc1cc(F)c(Oc2ccccc2I)c(F)c1. The third-order valence-electron chi connectivity index (χ3n) is 2.49. The lowest BCUT2D eigenvalue weighted by Crippen LogP contribution is -1.95. The fraction of sp³-hybridized carbons (Fsp3) is 0. The van der Waals surface area contributed by atoms with Gasteiger partial charge in [-0.25, -0.2) is 13.6 Å². The van der Waals surface area contributed by atoms with Crippen molar-refractivity contribution in [3.05, 3.63) is 63.2 Å². The third-order valence-corrected chi connectivity index (χ3v) is 3.38. The van der Waals surface area contributed by atoms with E-state index in [1.807, 2.05) is 22.6 Å². The Balaban J connectivity index is 2.34. The molecule has 21 heavy (non-hydrogen) atoms. The van der Waals surface area contributed by atoms with Gasteiger partial charge in [0.15, 0.2) is 17.4 Å². The molecule has 2 aromatic carbocycles. The molecule has 108 valence electrons. The maximum Gasteiger partial charge on any atom is 0.328 e. The Bertz CT molecular complexity index is 691. The molecule has 0 aliphatic carbocycles. The van der Waals surface area contributed by atoms with Gasteiger partial charge in [0.05, 0.1) is 3.57 Å². The van der Waals surface area contributed by atoms with E-state index in [4.69, 9.17) is 9.84 Å². The summed E-state index contributed by atoms with van der Waals surface area (Å²) in [4.78, 5) is 10.4. The molecule has 0 heterocycles. The van der Waals surface area contributed by atoms with Gasteiger partial charge in [-0.2, -0.15) is 0 Å². The van der Waals surface area contributed by atoms with Gasteiger partial charge in [0, 0.05) is 6.08 Å². The van der Waals surface area contributed by atoms with Crippen molar-refractivity contribution in [2.45, 2.75) is 0 Å². The molecule has 0 spiro atoms. The van der Waals surface area contributed by atoms with Crippen molar-refractivity contribution in [2.24, 2.45) is 0 Å². The average Bonchev–Trinajstić information content (AvgIpc) is 2.42. The van der Waals surface area contributed by atoms with E-state index in [-0.39, 0.29) is 5.56 Å². The van der Waals surface area contributed by atoms with E-state index in [0.29, 0.717) is 9.32 Å². The van der Waals surface area contributed by atoms with E-state index < -0.39 is 23.4 Å². The molecule has 0 fully saturated rings. The number of hydrogen-bond donors (Lipinski definition) is 1. The molecule has 3 nitrogen and oxygen atoms in total. The number of para-hydroxylation sites is 1. The van der Waals surface area contributed by atoms with Crippen LogP contribution in [0.1, 0.15) is 5.56 Å².